The lowest BCUT2D eigenvalue weighted by molar-refractivity contribution is 0.260. The van der Waals surface area contributed by atoms with Crippen LogP contribution in [0.15, 0.2) is 6.33 Å². The number of aromatic nitrogens is 2. The molecule has 0 aliphatic carbocycles. The molecule has 0 radical (unpaired) electrons. The average molecular weight is 231 g/mol. The molecular weight excluding hydrogens is 216 g/mol. The Morgan fingerprint density at radius 2 is 2.20 bits per heavy atom. The molecule has 15 heavy (non-hydrogen) atoms. The van der Waals surface area contributed by atoms with E-state index < -0.39 is 0 Å². The first-order valence-electron chi connectivity index (χ1n) is 4.61. The van der Waals surface area contributed by atoms with Crippen LogP contribution in [0.1, 0.15) is 20.3 Å². The molecule has 1 rings (SSSR count). The Bertz CT molecular complexity index is 343. The number of nitrogens with two attached hydrogens (primary N) is 1. The SMILES string of the molecule is CC(C)(CCO)Nc1ncnc(Cl)c1N. The van der Waals surface area contributed by atoms with Gasteiger partial charge in [-0.05, 0) is 20.3 Å². The van der Waals surface area contributed by atoms with Crippen molar-refractivity contribution >= 4 is 23.1 Å². The van der Waals surface area contributed by atoms with Gasteiger partial charge in [0.2, 0.25) is 0 Å². The lowest BCUT2D eigenvalue weighted by Crippen LogP contribution is -2.32. The van der Waals surface area contributed by atoms with Gasteiger partial charge in [-0.1, -0.05) is 11.6 Å². The smallest absolute Gasteiger partial charge is 0.157 e. The third kappa shape index (κ3) is 3.21. The Hall–Kier alpha value is -1.07. The van der Waals surface area contributed by atoms with Crippen molar-refractivity contribution in [2.24, 2.45) is 0 Å². The highest BCUT2D eigenvalue weighted by molar-refractivity contribution is 6.32. The molecule has 1 aromatic rings. The Morgan fingerprint density at radius 1 is 1.53 bits per heavy atom. The summed E-state index contributed by atoms with van der Waals surface area (Å²) in [6.45, 7) is 3.98. The molecule has 5 nitrogen and oxygen atoms in total. The van der Waals surface area contributed by atoms with Crippen LogP contribution in [0.5, 0.6) is 0 Å². The van der Waals surface area contributed by atoms with E-state index in [1.807, 2.05) is 13.8 Å². The minimum atomic E-state index is -0.291. The molecule has 1 heterocycles. The first kappa shape index (κ1) is 12.0. The number of rotatable bonds is 4. The molecule has 0 saturated carbocycles. The van der Waals surface area contributed by atoms with E-state index in [0.29, 0.717) is 17.9 Å². The molecule has 0 spiro atoms. The van der Waals surface area contributed by atoms with E-state index in [-0.39, 0.29) is 17.3 Å². The molecule has 1 aromatic heterocycles. The summed E-state index contributed by atoms with van der Waals surface area (Å²) in [7, 11) is 0. The van der Waals surface area contributed by atoms with Gasteiger partial charge in [0, 0.05) is 12.1 Å². The summed E-state index contributed by atoms with van der Waals surface area (Å²) in [6, 6.07) is 0. The van der Waals surface area contributed by atoms with Gasteiger partial charge in [0.25, 0.3) is 0 Å². The van der Waals surface area contributed by atoms with Gasteiger partial charge in [-0.15, -0.1) is 0 Å². The Balaban J connectivity index is 2.85. The second-order valence-corrected chi connectivity index (χ2v) is 4.27. The highest BCUT2D eigenvalue weighted by atomic mass is 35.5. The lowest BCUT2D eigenvalue weighted by atomic mass is 10.0. The van der Waals surface area contributed by atoms with Crippen molar-refractivity contribution in [3.63, 3.8) is 0 Å². The van der Waals surface area contributed by atoms with Gasteiger partial charge in [-0.3, -0.25) is 0 Å². The van der Waals surface area contributed by atoms with Gasteiger partial charge in [-0.25, -0.2) is 9.97 Å². The second kappa shape index (κ2) is 4.63. The summed E-state index contributed by atoms with van der Waals surface area (Å²) in [5.74, 6) is 0.494. The minimum absolute atomic E-state index is 0.0960. The quantitative estimate of drug-likeness (QED) is 0.679. The zero-order valence-corrected chi connectivity index (χ0v) is 9.54. The second-order valence-electron chi connectivity index (χ2n) is 3.91. The Kier molecular flexibility index (Phi) is 3.71. The van der Waals surface area contributed by atoms with E-state index in [2.05, 4.69) is 15.3 Å². The maximum Gasteiger partial charge on any atom is 0.157 e. The van der Waals surface area contributed by atoms with Crippen LogP contribution >= 0.6 is 11.6 Å². The normalized spacial score (nSPS) is 11.5. The first-order valence-corrected chi connectivity index (χ1v) is 4.99. The number of hydrogen-bond acceptors (Lipinski definition) is 5. The number of halogens is 1. The van der Waals surface area contributed by atoms with Crippen LogP contribution in [-0.2, 0) is 0 Å². The molecule has 6 heteroatoms. The van der Waals surface area contributed by atoms with Crippen molar-refractivity contribution in [2.45, 2.75) is 25.8 Å². The van der Waals surface area contributed by atoms with Gasteiger partial charge in [-0.2, -0.15) is 0 Å². The first-order chi connectivity index (χ1) is 6.96. The molecule has 0 aromatic carbocycles. The Morgan fingerprint density at radius 3 is 2.80 bits per heavy atom. The largest absolute Gasteiger partial charge is 0.396 e. The van der Waals surface area contributed by atoms with E-state index in [4.69, 9.17) is 22.4 Å². The number of nitrogens with zero attached hydrogens (tertiary/aromatic N) is 2. The van der Waals surface area contributed by atoms with E-state index in [9.17, 15) is 0 Å². The van der Waals surface area contributed by atoms with Gasteiger partial charge >= 0.3 is 0 Å². The predicted molar refractivity (Wildman–Crippen MR) is 60.9 cm³/mol. The topological polar surface area (TPSA) is 84.1 Å². The molecule has 0 atom stereocenters. The fourth-order valence-electron chi connectivity index (χ4n) is 1.14. The number of hydrogen-bond donors (Lipinski definition) is 3. The third-order valence-corrected chi connectivity index (χ3v) is 2.33. The molecule has 0 bridgehead atoms. The third-order valence-electron chi connectivity index (χ3n) is 2.03. The van der Waals surface area contributed by atoms with E-state index in [1.54, 1.807) is 0 Å². The van der Waals surface area contributed by atoms with Crippen LogP contribution in [0.3, 0.4) is 0 Å². The summed E-state index contributed by atoms with van der Waals surface area (Å²) < 4.78 is 0. The molecule has 84 valence electrons. The Labute approximate surface area is 93.7 Å². The molecular formula is C9H15ClN4O. The fourth-order valence-corrected chi connectivity index (χ4v) is 1.27. The summed E-state index contributed by atoms with van der Waals surface area (Å²) >= 11 is 5.75. The number of aliphatic hydroxyl groups is 1. The number of aliphatic hydroxyl groups excluding tert-OH is 1. The van der Waals surface area contributed by atoms with Crippen LogP contribution in [0.25, 0.3) is 0 Å². The lowest BCUT2D eigenvalue weighted by Gasteiger charge is -2.26. The summed E-state index contributed by atoms with van der Waals surface area (Å²) in [5, 5.41) is 12.2. The maximum atomic E-state index is 8.87. The highest BCUT2D eigenvalue weighted by Gasteiger charge is 2.19. The molecule has 0 saturated heterocycles. The van der Waals surface area contributed by atoms with Crippen molar-refractivity contribution in [1.29, 1.82) is 0 Å². The van der Waals surface area contributed by atoms with Gasteiger partial charge < -0.3 is 16.2 Å². The monoisotopic (exact) mass is 230 g/mol. The fraction of sp³-hybridized carbons (Fsp3) is 0.556. The van der Waals surface area contributed by atoms with Crippen LogP contribution in [0.4, 0.5) is 11.5 Å². The van der Waals surface area contributed by atoms with E-state index in [0.717, 1.165) is 0 Å². The van der Waals surface area contributed by atoms with Crippen LogP contribution in [-0.4, -0.2) is 27.2 Å². The zero-order valence-electron chi connectivity index (χ0n) is 8.79. The van der Waals surface area contributed by atoms with Crippen LogP contribution < -0.4 is 11.1 Å². The van der Waals surface area contributed by atoms with Crippen LogP contribution in [0, 0.1) is 0 Å². The number of nitrogens with one attached hydrogen (secondary N) is 1. The van der Waals surface area contributed by atoms with Crippen molar-refractivity contribution in [2.75, 3.05) is 17.7 Å². The molecule has 0 fully saturated rings. The van der Waals surface area contributed by atoms with Crippen molar-refractivity contribution < 1.29 is 5.11 Å². The van der Waals surface area contributed by atoms with E-state index >= 15 is 0 Å². The minimum Gasteiger partial charge on any atom is -0.396 e. The number of nitrogen functional groups attached to an aromatic ring is 1. The highest BCUT2D eigenvalue weighted by Crippen LogP contribution is 2.25. The molecule has 0 aliphatic heterocycles. The summed E-state index contributed by atoms with van der Waals surface area (Å²) in [6.07, 6.45) is 1.93. The van der Waals surface area contributed by atoms with Gasteiger partial charge in [0.05, 0.1) is 0 Å². The van der Waals surface area contributed by atoms with Crippen LogP contribution in [0.2, 0.25) is 5.15 Å². The number of anilines is 2. The van der Waals surface area contributed by atoms with Gasteiger partial charge in [0.1, 0.15) is 12.0 Å². The molecule has 4 N–H and O–H groups in total. The zero-order chi connectivity index (χ0) is 11.5. The maximum absolute atomic E-state index is 8.87. The predicted octanol–water partition coefficient (Wildman–Crippen LogP) is 1.29. The summed E-state index contributed by atoms with van der Waals surface area (Å²) in [4.78, 5) is 7.75. The summed E-state index contributed by atoms with van der Waals surface area (Å²) in [5.41, 5.74) is 5.74. The molecule has 0 aliphatic rings. The van der Waals surface area contributed by atoms with Crippen molar-refractivity contribution in [3.05, 3.63) is 11.5 Å². The van der Waals surface area contributed by atoms with Gasteiger partial charge in [0.15, 0.2) is 11.0 Å². The van der Waals surface area contributed by atoms with Crippen molar-refractivity contribution in [3.8, 4) is 0 Å². The standard InChI is InChI=1S/C9H15ClN4O/c1-9(2,3-4-15)14-8-6(11)7(10)12-5-13-8/h5,15H,3-4,11H2,1-2H3,(H,12,13,14). The molecule has 0 unspecified atom stereocenters. The average Bonchev–Trinajstić information content (AvgIpc) is 2.12. The van der Waals surface area contributed by atoms with E-state index in [1.165, 1.54) is 6.33 Å². The van der Waals surface area contributed by atoms with Crippen molar-refractivity contribution in [1.82, 2.24) is 9.97 Å². The molecule has 0 amide bonds.